The van der Waals surface area contributed by atoms with Gasteiger partial charge in [0.25, 0.3) is 5.56 Å². The van der Waals surface area contributed by atoms with Crippen LogP contribution in [0, 0.1) is 0 Å². The molecule has 1 saturated heterocycles. The van der Waals surface area contributed by atoms with Gasteiger partial charge in [-0.25, -0.2) is 0 Å². The van der Waals surface area contributed by atoms with E-state index in [1.807, 2.05) is 12.1 Å². The lowest BCUT2D eigenvalue weighted by Crippen LogP contribution is -2.33. The van der Waals surface area contributed by atoms with Gasteiger partial charge in [-0.15, -0.1) is 24.8 Å². The number of piperidine rings is 1. The van der Waals surface area contributed by atoms with Crippen molar-refractivity contribution in [2.24, 2.45) is 0 Å². The molecule has 1 fully saturated rings. The Labute approximate surface area is 170 Å². The van der Waals surface area contributed by atoms with E-state index in [2.05, 4.69) is 15.2 Å². The Morgan fingerprint density at radius 1 is 1.11 bits per heavy atom. The van der Waals surface area contributed by atoms with Crippen LogP contribution >= 0.6 is 24.8 Å². The van der Waals surface area contributed by atoms with Crippen LogP contribution in [0.25, 0.3) is 10.9 Å². The number of fused-ring (bicyclic) bond motifs is 3. The Morgan fingerprint density at radius 2 is 1.85 bits per heavy atom. The monoisotopic (exact) mass is 413 g/mol. The van der Waals surface area contributed by atoms with Crippen molar-refractivity contribution in [3.8, 4) is 5.75 Å². The number of aromatic amines is 1. The van der Waals surface area contributed by atoms with E-state index in [0.717, 1.165) is 72.5 Å². The molecule has 2 aromatic rings. The SMILES string of the molecule is COc1cc(CN2CCC(=O)CC2)cc2[nH]c(=O)c3c(c12)NCCC3.Cl.Cl. The summed E-state index contributed by atoms with van der Waals surface area (Å²) in [5, 5.41) is 4.33. The molecule has 2 aliphatic heterocycles. The van der Waals surface area contributed by atoms with Gasteiger partial charge in [0, 0.05) is 44.6 Å². The minimum atomic E-state index is -0.0162. The number of ketones is 1. The molecule has 0 unspecified atom stereocenters. The number of halogens is 2. The second kappa shape index (κ2) is 8.95. The molecule has 0 radical (unpaired) electrons. The van der Waals surface area contributed by atoms with Crippen LogP contribution in [0.2, 0.25) is 0 Å². The minimum absolute atomic E-state index is 0. The largest absolute Gasteiger partial charge is 0.496 e. The zero-order valence-corrected chi connectivity index (χ0v) is 16.9. The van der Waals surface area contributed by atoms with Gasteiger partial charge in [-0.3, -0.25) is 14.5 Å². The van der Waals surface area contributed by atoms with Crippen LogP contribution < -0.4 is 15.6 Å². The van der Waals surface area contributed by atoms with Gasteiger partial charge in [0.15, 0.2) is 0 Å². The highest BCUT2D eigenvalue weighted by Gasteiger charge is 2.21. The van der Waals surface area contributed by atoms with Crippen LogP contribution in [0.5, 0.6) is 5.75 Å². The molecule has 0 atom stereocenters. The van der Waals surface area contributed by atoms with Gasteiger partial charge in [0.1, 0.15) is 11.5 Å². The van der Waals surface area contributed by atoms with E-state index >= 15 is 0 Å². The van der Waals surface area contributed by atoms with Gasteiger partial charge in [-0.2, -0.15) is 0 Å². The van der Waals surface area contributed by atoms with Crippen molar-refractivity contribution < 1.29 is 9.53 Å². The maximum atomic E-state index is 12.4. The number of pyridine rings is 1. The van der Waals surface area contributed by atoms with E-state index in [1.54, 1.807) is 7.11 Å². The first-order chi connectivity index (χ1) is 12.2. The van der Waals surface area contributed by atoms with Crippen molar-refractivity contribution in [3.05, 3.63) is 33.6 Å². The molecular formula is C19H25Cl2N3O3. The third-order valence-electron chi connectivity index (χ3n) is 5.18. The lowest BCUT2D eigenvalue weighted by atomic mass is 9.99. The molecule has 4 rings (SSSR count). The molecule has 2 aliphatic rings. The maximum absolute atomic E-state index is 12.4. The second-order valence-electron chi connectivity index (χ2n) is 6.87. The van der Waals surface area contributed by atoms with Gasteiger partial charge in [-0.05, 0) is 30.5 Å². The predicted molar refractivity (Wildman–Crippen MR) is 112 cm³/mol. The highest BCUT2D eigenvalue weighted by molar-refractivity contribution is 5.98. The third-order valence-corrected chi connectivity index (χ3v) is 5.18. The summed E-state index contributed by atoms with van der Waals surface area (Å²) in [6, 6.07) is 4.08. The first-order valence-electron chi connectivity index (χ1n) is 8.89. The van der Waals surface area contributed by atoms with Gasteiger partial charge >= 0.3 is 0 Å². The number of benzene rings is 1. The molecule has 3 heterocycles. The number of hydrogen-bond donors (Lipinski definition) is 2. The van der Waals surface area contributed by atoms with Crippen molar-refractivity contribution in [2.75, 3.05) is 32.1 Å². The lowest BCUT2D eigenvalue weighted by Gasteiger charge is -2.26. The van der Waals surface area contributed by atoms with Crippen molar-refractivity contribution in [1.29, 1.82) is 0 Å². The number of rotatable bonds is 3. The molecule has 0 amide bonds. The number of methoxy groups -OCH3 is 1. The highest BCUT2D eigenvalue weighted by atomic mass is 35.5. The number of nitrogens with one attached hydrogen (secondary N) is 2. The van der Waals surface area contributed by atoms with Crippen molar-refractivity contribution >= 4 is 47.2 Å². The number of Topliss-reactive ketones (excluding diaryl/α,β-unsaturated/α-hetero) is 1. The normalized spacial score (nSPS) is 16.7. The van der Waals surface area contributed by atoms with E-state index in [0.29, 0.717) is 18.6 Å². The molecular weight excluding hydrogens is 389 g/mol. The number of ether oxygens (including phenoxy) is 1. The fourth-order valence-electron chi connectivity index (χ4n) is 3.87. The summed E-state index contributed by atoms with van der Waals surface area (Å²) in [6.45, 7) is 3.22. The van der Waals surface area contributed by atoms with Crippen LogP contribution in [0.3, 0.4) is 0 Å². The molecule has 0 spiro atoms. The Bertz CT molecular complexity index is 888. The number of carbonyl (C=O) groups is 1. The topological polar surface area (TPSA) is 74.4 Å². The molecule has 8 heteroatoms. The van der Waals surface area contributed by atoms with Crippen LogP contribution in [0.4, 0.5) is 5.69 Å². The molecule has 6 nitrogen and oxygen atoms in total. The van der Waals surface area contributed by atoms with Gasteiger partial charge in [0.05, 0.1) is 23.7 Å². The molecule has 27 heavy (non-hydrogen) atoms. The third kappa shape index (κ3) is 4.23. The lowest BCUT2D eigenvalue weighted by molar-refractivity contribution is -0.121. The zero-order valence-electron chi connectivity index (χ0n) is 15.3. The molecule has 1 aromatic carbocycles. The van der Waals surface area contributed by atoms with Crippen LogP contribution in [-0.2, 0) is 17.8 Å². The van der Waals surface area contributed by atoms with Gasteiger partial charge in [-0.1, -0.05) is 0 Å². The Hall–Kier alpha value is -1.76. The van der Waals surface area contributed by atoms with E-state index in [-0.39, 0.29) is 30.4 Å². The number of nitrogens with zero attached hydrogens (tertiary/aromatic N) is 1. The highest BCUT2D eigenvalue weighted by Crippen LogP contribution is 2.35. The summed E-state index contributed by atoms with van der Waals surface area (Å²) in [6.07, 6.45) is 3.01. The Kier molecular flexibility index (Phi) is 7.14. The number of carbonyl (C=O) groups excluding carboxylic acids is 1. The number of hydrogen-bond acceptors (Lipinski definition) is 5. The van der Waals surface area contributed by atoms with Crippen LogP contribution in [0.15, 0.2) is 16.9 Å². The average molecular weight is 414 g/mol. The summed E-state index contributed by atoms with van der Waals surface area (Å²) in [7, 11) is 1.67. The van der Waals surface area contributed by atoms with Gasteiger partial charge in [0.2, 0.25) is 0 Å². The van der Waals surface area contributed by atoms with Gasteiger partial charge < -0.3 is 15.0 Å². The zero-order chi connectivity index (χ0) is 17.4. The Morgan fingerprint density at radius 3 is 2.56 bits per heavy atom. The van der Waals surface area contributed by atoms with Crippen molar-refractivity contribution in [3.63, 3.8) is 0 Å². The fraction of sp³-hybridized carbons (Fsp3) is 0.474. The molecule has 1 aromatic heterocycles. The quantitative estimate of drug-likeness (QED) is 0.808. The summed E-state index contributed by atoms with van der Waals surface area (Å²) >= 11 is 0. The average Bonchev–Trinajstić information content (AvgIpc) is 2.63. The summed E-state index contributed by atoms with van der Waals surface area (Å²) in [5.41, 5.74) is 3.61. The van der Waals surface area contributed by atoms with Crippen molar-refractivity contribution in [2.45, 2.75) is 32.2 Å². The van der Waals surface area contributed by atoms with E-state index in [9.17, 15) is 9.59 Å². The smallest absolute Gasteiger partial charge is 0.253 e. The van der Waals surface area contributed by atoms with Crippen LogP contribution in [0.1, 0.15) is 30.4 Å². The van der Waals surface area contributed by atoms with Crippen molar-refractivity contribution in [1.82, 2.24) is 9.88 Å². The molecule has 0 aliphatic carbocycles. The summed E-state index contributed by atoms with van der Waals surface area (Å²) < 4.78 is 5.65. The van der Waals surface area contributed by atoms with Crippen LogP contribution in [-0.4, -0.2) is 42.4 Å². The number of aromatic nitrogens is 1. The number of likely N-dealkylation sites (tertiary alicyclic amines) is 1. The molecule has 0 bridgehead atoms. The number of H-pyrrole nitrogens is 1. The summed E-state index contributed by atoms with van der Waals surface area (Å²) in [5.74, 6) is 1.12. The fourth-order valence-corrected chi connectivity index (χ4v) is 3.87. The predicted octanol–water partition coefficient (Wildman–Crippen LogP) is 2.90. The minimum Gasteiger partial charge on any atom is -0.496 e. The van der Waals surface area contributed by atoms with E-state index < -0.39 is 0 Å². The Balaban J connectivity index is 0.00000131. The maximum Gasteiger partial charge on any atom is 0.253 e. The van der Waals surface area contributed by atoms with E-state index in [4.69, 9.17) is 4.74 Å². The molecule has 148 valence electrons. The summed E-state index contributed by atoms with van der Waals surface area (Å²) in [4.78, 5) is 29.2. The van der Waals surface area contributed by atoms with E-state index in [1.165, 1.54) is 0 Å². The number of anilines is 1. The second-order valence-corrected chi connectivity index (χ2v) is 6.87. The first kappa shape index (κ1) is 21.5. The molecule has 2 N–H and O–H groups in total. The standard InChI is InChI=1S/C19H23N3O3.2ClH/c1-25-16-10-12(11-22-7-4-13(23)5-8-22)9-15-17(16)18-14(19(24)21-15)3-2-6-20-18;;/h9-10,20H,2-8,11H2,1H3,(H,21,24);2*1H. The first-order valence-corrected chi connectivity index (χ1v) is 8.89. The molecule has 0 saturated carbocycles.